The Morgan fingerprint density at radius 2 is 1.86 bits per heavy atom. The van der Waals surface area contributed by atoms with Gasteiger partial charge >= 0.3 is 5.97 Å². The fraction of sp³-hybridized carbons (Fsp3) is 0.556. The molecule has 1 aliphatic heterocycles. The third-order valence-corrected chi connectivity index (χ3v) is 5.88. The van der Waals surface area contributed by atoms with Gasteiger partial charge in [0.15, 0.2) is 6.61 Å². The Balaban J connectivity index is 1.62. The molecular formula is C18H25ClN2O6S. The number of hydrogen-bond acceptors (Lipinski definition) is 6. The molecule has 1 aromatic rings. The second-order valence-electron chi connectivity index (χ2n) is 6.57. The van der Waals surface area contributed by atoms with Crippen LogP contribution in [0.25, 0.3) is 0 Å². The lowest BCUT2D eigenvalue weighted by molar-refractivity contribution is -0.152. The number of amides is 1. The van der Waals surface area contributed by atoms with Crippen LogP contribution in [0.4, 0.5) is 0 Å². The summed E-state index contributed by atoms with van der Waals surface area (Å²) in [7, 11) is -3.25. The highest BCUT2D eigenvalue weighted by molar-refractivity contribution is 7.88. The number of carbonyl (C=O) groups excluding carboxylic acids is 2. The van der Waals surface area contributed by atoms with Gasteiger partial charge in [0.05, 0.1) is 12.9 Å². The lowest BCUT2D eigenvalue weighted by atomic mass is 10.2. The zero-order valence-corrected chi connectivity index (χ0v) is 17.6. The van der Waals surface area contributed by atoms with Crippen molar-refractivity contribution in [2.24, 2.45) is 0 Å². The molecule has 2 rings (SSSR count). The lowest BCUT2D eigenvalue weighted by Crippen LogP contribution is -2.51. The van der Waals surface area contributed by atoms with E-state index in [1.165, 1.54) is 9.21 Å². The molecule has 1 aliphatic rings. The second kappa shape index (κ2) is 10.1. The number of hydrogen-bond donors (Lipinski definition) is 0. The van der Waals surface area contributed by atoms with Gasteiger partial charge in [-0.05, 0) is 37.1 Å². The highest BCUT2D eigenvalue weighted by Gasteiger charge is 2.26. The van der Waals surface area contributed by atoms with Crippen LogP contribution in [0.2, 0.25) is 5.02 Å². The van der Waals surface area contributed by atoms with E-state index < -0.39 is 16.0 Å². The van der Waals surface area contributed by atoms with Crippen LogP contribution < -0.4 is 4.74 Å². The summed E-state index contributed by atoms with van der Waals surface area (Å²) in [6.45, 7) is 2.97. The molecule has 0 bridgehead atoms. The molecule has 0 aliphatic carbocycles. The Labute approximate surface area is 170 Å². The quantitative estimate of drug-likeness (QED) is 0.456. The van der Waals surface area contributed by atoms with Crippen molar-refractivity contribution in [3.8, 4) is 5.75 Å². The Kier molecular flexibility index (Phi) is 8.09. The Bertz CT molecular complexity index is 806. The minimum atomic E-state index is -3.25. The smallest absolute Gasteiger partial charge is 0.306 e. The summed E-state index contributed by atoms with van der Waals surface area (Å²) in [4.78, 5) is 25.4. The van der Waals surface area contributed by atoms with Crippen LogP contribution in [0.5, 0.6) is 5.75 Å². The van der Waals surface area contributed by atoms with Crippen molar-refractivity contribution >= 4 is 33.5 Å². The average molecular weight is 433 g/mol. The minimum Gasteiger partial charge on any atom is -0.493 e. The number of rotatable bonds is 8. The molecule has 8 nitrogen and oxygen atoms in total. The van der Waals surface area contributed by atoms with Crippen LogP contribution in [0.15, 0.2) is 18.2 Å². The molecule has 0 spiro atoms. The largest absolute Gasteiger partial charge is 0.493 e. The SMILES string of the molecule is Cc1cc(Cl)ccc1OCCCC(=O)OCC(=O)N1CCN(S(C)(=O)=O)CC1. The molecule has 28 heavy (non-hydrogen) atoms. The summed E-state index contributed by atoms with van der Waals surface area (Å²) in [6, 6.07) is 5.31. The van der Waals surface area contributed by atoms with Crippen LogP contribution in [0.1, 0.15) is 18.4 Å². The Morgan fingerprint density at radius 1 is 1.18 bits per heavy atom. The zero-order chi connectivity index (χ0) is 20.7. The van der Waals surface area contributed by atoms with Gasteiger partial charge in [-0.2, -0.15) is 4.31 Å². The summed E-state index contributed by atoms with van der Waals surface area (Å²) in [5, 5.41) is 0.635. The Morgan fingerprint density at radius 3 is 2.46 bits per heavy atom. The fourth-order valence-corrected chi connectivity index (χ4v) is 3.80. The number of sulfonamides is 1. The average Bonchev–Trinajstić information content (AvgIpc) is 2.64. The standard InChI is InChI=1S/C18H25ClN2O6S/c1-14-12-15(19)5-6-16(14)26-11-3-4-18(23)27-13-17(22)20-7-9-21(10-8-20)28(2,24)25/h5-6,12H,3-4,7-11,13H2,1-2H3. The van der Waals surface area contributed by atoms with E-state index in [1.54, 1.807) is 18.2 Å². The fourth-order valence-electron chi connectivity index (χ4n) is 2.75. The summed E-state index contributed by atoms with van der Waals surface area (Å²) < 4.78 is 34.9. The van der Waals surface area contributed by atoms with Gasteiger partial charge in [0, 0.05) is 37.6 Å². The maximum atomic E-state index is 12.1. The van der Waals surface area contributed by atoms with Gasteiger partial charge in [0.2, 0.25) is 10.0 Å². The zero-order valence-electron chi connectivity index (χ0n) is 16.0. The predicted molar refractivity (Wildman–Crippen MR) is 105 cm³/mol. The molecule has 10 heteroatoms. The van der Waals surface area contributed by atoms with Crippen molar-refractivity contribution in [2.75, 3.05) is 45.6 Å². The van der Waals surface area contributed by atoms with Crippen molar-refractivity contribution in [2.45, 2.75) is 19.8 Å². The van der Waals surface area contributed by atoms with E-state index in [2.05, 4.69) is 0 Å². The topological polar surface area (TPSA) is 93.2 Å². The molecule has 0 radical (unpaired) electrons. The molecule has 0 aromatic heterocycles. The normalized spacial score (nSPS) is 15.3. The maximum Gasteiger partial charge on any atom is 0.306 e. The van der Waals surface area contributed by atoms with Crippen LogP contribution in [0.3, 0.4) is 0 Å². The van der Waals surface area contributed by atoms with E-state index in [9.17, 15) is 18.0 Å². The number of carbonyl (C=O) groups is 2. The molecule has 1 saturated heterocycles. The van der Waals surface area contributed by atoms with Crippen molar-refractivity contribution in [1.29, 1.82) is 0 Å². The number of halogens is 1. The number of piperazine rings is 1. The first-order chi connectivity index (χ1) is 13.2. The van der Waals surface area contributed by atoms with Gasteiger partial charge in [0.25, 0.3) is 5.91 Å². The van der Waals surface area contributed by atoms with Gasteiger partial charge in [-0.15, -0.1) is 0 Å². The summed E-state index contributed by atoms with van der Waals surface area (Å²) in [6.07, 6.45) is 1.74. The first-order valence-corrected chi connectivity index (χ1v) is 11.2. The molecule has 0 atom stereocenters. The molecule has 1 fully saturated rings. The van der Waals surface area contributed by atoms with Crippen molar-refractivity contribution in [3.05, 3.63) is 28.8 Å². The molecule has 1 heterocycles. The third kappa shape index (κ3) is 6.96. The number of benzene rings is 1. The van der Waals surface area contributed by atoms with Crippen molar-refractivity contribution in [3.63, 3.8) is 0 Å². The summed E-state index contributed by atoms with van der Waals surface area (Å²) in [5.41, 5.74) is 0.914. The first kappa shape index (κ1) is 22.4. The molecular weight excluding hydrogens is 408 g/mol. The van der Waals surface area contributed by atoms with Crippen LogP contribution in [-0.4, -0.2) is 75.1 Å². The van der Waals surface area contributed by atoms with E-state index in [0.29, 0.717) is 23.8 Å². The number of aryl methyl sites for hydroxylation is 1. The summed E-state index contributed by atoms with van der Waals surface area (Å²) in [5.74, 6) is -0.0877. The van der Waals surface area contributed by atoms with Crippen LogP contribution >= 0.6 is 11.6 Å². The van der Waals surface area contributed by atoms with E-state index in [-0.39, 0.29) is 45.1 Å². The van der Waals surface area contributed by atoms with Gasteiger partial charge in [-0.25, -0.2) is 8.42 Å². The van der Waals surface area contributed by atoms with Crippen molar-refractivity contribution in [1.82, 2.24) is 9.21 Å². The highest BCUT2D eigenvalue weighted by atomic mass is 35.5. The monoisotopic (exact) mass is 432 g/mol. The van der Waals surface area contributed by atoms with Crippen molar-refractivity contribution < 1.29 is 27.5 Å². The molecule has 1 amide bonds. The van der Waals surface area contributed by atoms with Crippen LogP contribution in [-0.2, 0) is 24.3 Å². The molecule has 156 valence electrons. The predicted octanol–water partition coefficient (Wildman–Crippen LogP) is 1.45. The Hall–Kier alpha value is -1.84. The minimum absolute atomic E-state index is 0.141. The first-order valence-electron chi connectivity index (χ1n) is 8.94. The number of ether oxygens (including phenoxy) is 2. The number of esters is 1. The van der Waals surface area contributed by atoms with E-state index in [0.717, 1.165) is 11.8 Å². The van der Waals surface area contributed by atoms with E-state index in [1.807, 2.05) is 6.92 Å². The molecule has 0 unspecified atom stereocenters. The van der Waals surface area contributed by atoms with E-state index >= 15 is 0 Å². The van der Waals surface area contributed by atoms with Gasteiger partial charge in [0.1, 0.15) is 5.75 Å². The van der Waals surface area contributed by atoms with Gasteiger partial charge in [-0.3, -0.25) is 9.59 Å². The lowest BCUT2D eigenvalue weighted by Gasteiger charge is -2.33. The summed E-state index contributed by atoms with van der Waals surface area (Å²) >= 11 is 5.89. The highest BCUT2D eigenvalue weighted by Crippen LogP contribution is 2.21. The van der Waals surface area contributed by atoms with Gasteiger partial charge in [-0.1, -0.05) is 11.6 Å². The maximum absolute atomic E-state index is 12.1. The third-order valence-electron chi connectivity index (χ3n) is 4.34. The molecule has 0 saturated carbocycles. The molecule has 0 N–H and O–H groups in total. The van der Waals surface area contributed by atoms with Crippen LogP contribution in [0, 0.1) is 6.92 Å². The second-order valence-corrected chi connectivity index (χ2v) is 8.98. The molecule has 1 aromatic carbocycles. The van der Waals surface area contributed by atoms with E-state index in [4.69, 9.17) is 21.1 Å². The van der Waals surface area contributed by atoms with Gasteiger partial charge < -0.3 is 14.4 Å². The number of nitrogens with zero attached hydrogens (tertiary/aromatic N) is 2.